The predicted molar refractivity (Wildman–Crippen MR) is 92.0 cm³/mol. The Morgan fingerprint density at radius 1 is 1.19 bits per heavy atom. The van der Waals surface area contributed by atoms with E-state index in [4.69, 9.17) is 4.42 Å². The number of thioether (sulfide) groups is 1. The molecule has 1 heterocycles. The van der Waals surface area contributed by atoms with Gasteiger partial charge in [0.05, 0.1) is 0 Å². The minimum absolute atomic E-state index is 0.673. The highest BCUT2D eigenvalue weighted by Crippen LogP contribution is 2.29. The smallest absolute Gasteiger partial charge is 0.134 e. The first-order valence-corrected chi connectivity index (χ1v) is 9.36. The number of rotatable bonds is 5. The van der Waals surface area contributed by atoms with E-state index in [0.29, 0.717) is 6.04 Å². The monoisotopic (exact) mass is 303 g/mol. The summed E-state index contributed by atoms with van der Waals surface area (Å²) in [4.78, 5) is 0. The van der Waals surface area contributed by atoms with Crippen LogP contribution in [0.25, 0.3) is 11.0 Å². The summed E-state index contributed by atoms with van der Waals surface area (Å²) in [7, 11) is 0. The molecule has 0 bridgehead atoms. The molecule has 1 aliphatic rings. The highest BCUT2D eigenvalue weighted by atomic mass is 32.2. The molecule has 0 aliphatic heterocycles. The number of nitrogens with one attached hydrogen (secondary N) is 1. The Balaban J connectivity index is 1.68. The van der Waals surface area contributed by atoms with Crippen LogP contribution in [-0.4, -0.2) is 17.5 Å². The topological polar surface area (TPSA) is 25.2 Å². The summed E-state index contributed by atoms with van der Waals surface area (Å²) < 4.78 is 5.98. The minimum Gasteiger partial charge on any atom is -0.461 e. The van der Waals surface area contributed by atoms with Gasteiger partial charge in [0.15, 0.2) is 0 Å². The van der Waals surface area contributed by atoms with Gasteiger partial charge in [0, 0.05) is 35.2 Å². The molecular weight excluding hydrogens is 278 g/mol. The third-order valence-electron chi connectivity index (χ3n) is 4.68. The molecule has 1 aromatic carbocycles. The molecule has 1 aliphatic carbocycles. The molecule has 1 fully saturated rings. The lowest BCUT2D eigenvalue weighted by Gasteiger charge is -2.28. The van der Waals surface area contributed by atoms with Gasteiger partial charge in [-0.25, -0.2) is 0 Å². The molecule has 0 unspecified atom stereocenters. The van der Waals surface area contributed by atoms with E-state index in [1.54, 1.807) is 0 Å². The Hall–Kier alpha value is -0.930. The zero-order valence-corrected chi connectivity index (χ0v) is 13.8. The van der Waals surface area contributed by atoms with Crippen molar-refractivity contribution < 1.29 is 4.42 Å². The summed E-state index contributed by atoms with van der Waals surface area (Å²) in [6, 6.07) is 9.07. The van der Waals surface area contributed by atoms with Gasteiger partial charge < -0.3 is 9.73 Å². The highest BCUT2D eigenvalue weighted by molar-refractivity contribution is 7.99. The van der Waals surface area contributed by atoms with Crippen LogP contribution in [0.4, 0.5) is 0 Å². The molecule has 2 aromatic rings. The summed E-state index contributed by atoms with van der Waals surface area (Å²) in [6.45, 7) is 3.11. The number of hydrogen-bond acceptors (Lipinski definition) is 3. The average molecular weight is 303 g/mol. The van der Waals surface area contributed by atoms with Crippen molar-refractivity contribution >= 4 is 22.7 Å². The van der Waals surface area contributed by atoms with Crippen molar-refractivity contribution in [1.82, 2.24) is 5.32 Å². The quantitative estimate of drug-likeness (QED) is 0.862. The van der Waals surface area contributed by atoms with Crippen molar-refractivity contribution in [2.45, 2.75) is 56.9 Å². The second-order valence-corrected chi connectivity index (χ2v) is 7.08. The Morgan fingerprint density at radius 3 is 2.67 bits per heavy atom. The van der Waals surface area contributed by atoms with Crippen molar-refractivity contribution in [1.29, 1.82) is 0 Å². The fourth-order valence-corrected chi connectivity index (χ4v) is 4.12. The lowest BCUT2D eigenvalue weighted by Crippen LogP contribution is -2.33. The van der Waals surface area contributed by atoms with Gasteiger partial charge in [0.2, 0.25) is 0 Å². The molecule has 21 heavy (non-hydrogen) atoms. The lowest BCUT2D eigenvalue weighted by molar-refractivity contribution is 0.377. The summed E-state index contributed by atoms with van der Waals surface area (Å²) in [5, 5.41) is 5.92. The van der Waals surface area contributed by atoms with Gasteiger partial charge in [-0.2, -0.15) is 11.8 Å². The minimum atomic E-state index is 0.673. The maximum Gasteiger partial charge on any atom is 0.134 e. The molecule has 1 N–H and O–H groups in total. The number of furan rings is 1. The number of hydrogen-bond donors (Lipinski definition) is 1. The molecule has 0 radical (unpaired) electrons. The Labute approximate surface area is 131 Å². The van der Waals surface area contributed by atoms with E-state index in [1.165, 1.54) is 36.6 Å². The Morgan fingerprint density at radius 2 is 1.95 bits per heavy atom. The van der Waals surface area contributed by atoms with Crippen molar-refractivity contribution in [3.05, 3.63) is 35.6 Å². The molecule has 2 nitrogen and oxygen atoms in total. The van der Waals surface area contributed by atoms with Crippen LogP contribution >= 0.6 is 11.8 Å². The van der Waals surface area contributed by atoms with E-state index in [0.717, 1.165) is 29.6 Å². The molecule has 3 rings (SSSR count). The van der Waals surface area contributed by atoms with Crippen molar-refractivity contribution in [3.8, 4) is 0 Å². The highest BCUT2D eigenvalue weighted by Gasteiger charge is 2.21. The fraction of sp³-hybridized carbons (Fsp3) is 0.556. The van der Waals surface area contributed by atoms with Crippen molar-refractivity contribution in [3.63, 3.8) is 0 Å². The second kappa shape index (κ2) is 6.89. The van der Waals surface area contributed by atoms with Gasteiger partial charge in [-0.15, -0.1) is 0 Å². The van der Waals surface area contributed by atoms with Crippen LogP contribution in [0.1, 0.15) is 43.9 Å². The van der Waals surface area contributed by atoms with Crippen LogP contribution in [-0.2, 0) is 13.0 Å². The molecule has 0 atom stereocenters. The van der Waals surface area contributed by atoms with Crippen LogP contribution < -0.4 is 5.32 Å². The van der Waals surface area contributed by atoms with Gasteiger partial charge >= 0.3 is 0 Å². The first kappa shape index (κ1) is 15.0. The third kappa shape index (κ3) is 3.29. The van der Waals surface area contributed by atoms with E-state index in [2.05, 4.69) is 36.7 Å². The largest absolute Gasteiger partial charge is 0.461 e. The second-order valence-electron chi connectivity index (χ2n) is 5.94. The third-order valence-corrected chi connectivity index (χ3v) is 5.82. The molecule has 0 amide bonds. The van der Waals surface area contributed by atoms with E-state index in [-0.39, 0.29) is 0 Å². The standard InChI is InChI=1S/C18H25NOS/c1-3-17-16(15-6-4-5-7-18(15)20-17)12-19-13-8-10-14(21-2)11-9-13/h4-7,13-14,19H,3,8-12H2,1-2H3. The molecule has 114 valence electrons. The molecule has 3 heteroatoms. The van der Waals surface area contributed by atoms with Crippen LogP contribution in [0, 0.1) is 0 Å². The number of fused-ring (bicyclic) bond motifs is 1. The molecule has 0 spiro atoms. The first-order valence-electron chi connectivity index (χ1n) is 8.07. The van der Waals surface area contributed by atoms with Gasteiger partial charge in [-0.1, -0.05) is 25.1 Å². The fourth-order valence-electron chi connectivity index (χ4n) is 3.38. The van der Waals surface area contributed by atoms with Crippen LogP contribution in [0.2, 0.25) is 0 Å². The Bertz CT molecular complexity index is 584. The summed E-state index contributed by atoms with van der Waals surface area (Å²) in [5.41, 5.74) is 2.39. The summed E-state index contributed by atoms with van der Waals surface area (Å²) >= 11 is 2.03. The van der Waals surface area contributed by atoms with Crippen LogP contribution in [0.5, 0.6) is 0 Å². The van der Waals surface area contributed by atoms with Crippen LogP contribution in [0.3, 0.4) is 0 Å². The molecular formula is C18H25NOS. The van der Waals surface area contributed by atoms with Gasteiger partial charge in [0.25, 0.3) is 0 Å². The normalized spacial score (nSPS) is 22.8. The first-order chi connectivity index (χ1) is 10.3. The number of para-hydroxylation sites is 1. The number of benzene rings is 1. The maximum atomic E-state index is 5.98. The van der Waals surface area contributed by atoms with Gasteiger partial charge in [0.1, 0.15) is 11.3 Å². The zero-order chi connectivity index (χ0) is 14.7. The van der Waals surface area contributed by atoms with Crippen molar-refractivity contribution in [2.75, 3.05) is 6.26 Å². The molecule has 1 saturated carbocycles. The molecule has 0 saturated heterocycles. The predicted octanol–water partition coefficient (Wildman–Crippen LogP) is 4.76. The molecule has 1 aromatic heterocycles. The Kier molecular flexibility index (Phi) is 4.91. The van der Waals surface area contributed by atoms with E-state index in [1.807, 2.05) is 17.8 Å². The van der Waals surface area contributed by atoms with E-state index >= 15 is 0 Å². The summed E-state index contributed by atoms with van der Waals surface area (Å²) in [6.07, 6.45) is 8.52. The number of aryl methyl sites for hydroxylation is 1. The zero-order valence-electron chi connectivity index (χ0n) is 13.0. The average Bonchev–Trinajstić information content (AvgIpc) is 2.91. The van der Waals surface area contributed by atoms with Gasteiger partial charge in [-0.05, 0) is 38.0 Å². The van der Waals surface area contributed by atoms with Crippen molar-refractivity contribution in [2.24, 2.45) is 0 Å². The lowest BCUT2D eigenvalue weighted by atomic mass is 9.94. The SMILES string of the molecule is CCc1oc2ccccc2c1CNC1CCC(SC)CC1. The van der Waals surface area contributed by atoms with E-state index in [9.17, 15) is 0 Å². The summed E-state index contributed by atoms with van der Waals surface area (Å²) in [5.74, 6) is 1.14. The van der Waals surface area contributed by atoms with Crippen LogP contribution in [0.15, 0.2) is 28.7 Å². The van der Waals surface area contributed by atoms with E-state index < -0.39 is 0 Å². The van der Waals surface area contributed by atoms with Gasteiger partial charge in [-0.3, -0.25) is 0 Å². The maximum absolute atomic E-state index is 5.98.